The van der Waals surface area contributed by atoms with Gasteiger partial charge < -0.3 is 20.6 Å². The normalized spacial score (nSPS) is 14.5. The Bertz CT molecular complexity index is 1100. The highest BCUT2D eigenvalue weighted by molar-refractivity contribution is 7.99. The Labute approximate surface area is 199 Å². The van der Waals surface area contributed by atoms with Gasteiger partial charge in [-0.05, 0) is 47.3 Å². The Morgan fingerprint density at radius 3 is 2.55 bits per heavy atom. The van der Waals surface area contributed by atoms with Crippen LogP contribution >= 0.6 is 23.1 Å². The number of phenols is 1. The average Bonchev–Trinajstić information content (AvgIpc) is 3.36. The van der Waals surface area contributed by atoms with Crippen LogP contribution in [-0.4, -0.2) is 47.6 Å². The molecule has 1 atom stereocenters. The third kappa shape index (κ3) is 6.06. The van der Waals surface area contributed by atoms with Gasteiger partial charge in [-0.3, -0.25) is 9.59 Å². The maximum absolute atomic E-state index is 14.1. The lowest BCUT2D eigenvalue weighted by molar-refractivity contribution is -0.118. The summed E-state index contributed by atoms with van der Waals surface area (Å²) in [6.45, 7) is 1.62. The second kappa shape index (κ2) is 10.7. The number of carbonyl (C=O) groups excluding carboxylic acids is 2. The van der Waals surface area contributed by atoms with E-state index in [1.165, 1.54) is 35.6 Å². The molecule has 33 heavy (non-hydrogen) atoms. The number of aromatic hydroxyl groups is 1. The van der Waals surface area contributed by atoms with Crippen LogP contribution in [0.3, 0.4) is 0 Å². The monoisotopic (exact) mass is 485 g/mol. The molecule has 0 spiro atoms. The minimum Gasteiger partial charge on any atom is -0.508 e. The molecule has 9 heteroatoms. The van der Waals surface area contributed by atoms with E-state index in [0.717, 1.165) is 35.8 Å². The second-order valence-electron chi connectivity index (χ2n) is 7.62. The van der Waals surface area contributed by atoms with Crippen molar-refractivity contribution in [2.45, 2.75) is 12.5 Å². The minimum atomic E-state index is -0.892. The Balaban J connectivity index is 1.57. The molecule has 1 fully saturated rings. The van der Waals surface area contributed by atoms with E-state index < -0.39 is 17.8 Å². The van der Waals surface area contributed by atoms with E-state index in [1.807, 2.05) is 11.8 Å². The molecule has 1 aliphatic rings. The lowest BCUT2D eigenvalue weighted by Gasteiger charge is -2.30. The number of nitrogens with one attached hydrogen (secondary N) is 2. The summed E-state index contributed by atoms with van der Waals surface area (Å²) in [5.74, 6) is 0.809. The number of hydrogen-bond acceptors (Lipinski definition) is 6. The highest BCUT2D eigenvalue weighted by Gasteiger charge is 2.25. The first-order valence-corrected chi connectivity index (χ1v) is 12.6. The van der Waals surface area contributed by atoms with Crippen LogP contribution in [-0.2, 0) is 11.2 Å². The number of hydrogen-bond donors (Lipinski definition) is 3. The first kappa shape index (κ1) is 23.1. The fourth-order valence-corrected chi connectivity index (χ4v) is 5.15. The van der Waals surface area contributed by atoms with Crippen molar-refractivity contribution in [2.24, 2.45) is 0 Å². The molecule has 1 aliphatic heterocycles. The van der Waals surface area contributed by atoms with Gasteiger partial charge in [0.25, 0.3) is 5.91 Å². The Hall–Kier alpha value is -3.04. The second-order valence-corrected chi connectivity index (χ2v) is 9.80. The smallest absolute Gasteiger partial charge is 0.262 e. The van der Waals surface area contributed by atoms with Crippen molar-refractivity contribution >= 4 is 46.3 Å². The molecular weight excluding hydrogens is 461 g/mol. The maximum Gasteiger partial charge on any atom is 0.262 e. The van der Waals surface area contributed by atoms with Crippen molar-refractivity contribution in [2.75, 3.05) is 34.8 Å². The molecule has 4 rings (SSSR count). The molecule has 3 aromatic rings. The molecule has 2 amide bonds. The van der Waals surface area contributed by atoms with Crippen LogP contribution in [0, 0.1) is 5.82 Å². The fraction of sp³-hybridized carbons (Fsp3) is 0.250. The Kier molecular flexibility index (Phi) is 7.51. The highest BCUT2D eigenvalue weighted by atomic mass is 32.2. The van der Waals surface area contributed by atoms with Crippen molar-refractivity contribution in [1.29, 1.82) is 0 Å². The number of rotatable bonds is 7. The predicted molar refractivity (Wildman–Crippen MR) is 132 cm³/mol. The highest BCUT2D eigenvalue weighted by Crippen LogP contribution is 2.29. The van der Waals surface area contributed by atoms with E-state index in [9.17, 15) is 19.1 Å². The summed E-state index contributed by atoms with van der Waals surface area (Å²) in [7, 11) is 0. The zero-order chi connectivity index (χ0) is 23.2. The Morgan fingerprint density at radius 2 is 1.85 bits per heavy atom. The SMILES string of the molecule is O=C(N[C@H](Cc1ccc(O)cc1)C(=O)Nc1cc(F)ccc1N1CCSCC1)c1cccs1. The maximum atomic E-state index is 14.1. The van der Waals surface area contributed by atoms with E-state index in [4.69, 9.17) is 0 Å². The number of carbonyl (C=O) groups is 2. The van der Waals surface area contributed by atoms with Gasteiger partial charge in [0.05, 0.1) is 16.3 Å². The first-order valence-electron chi connectivity index (χ1n) is 10.5. The zero-order valence-corrected chi connectivity index (χ0v) is 19.4. The van der Waals surface area contributed by atoms with Gasteiger partial charge in [0, 0.05) is 31.0 Å². The van der Waals surface area contributed by atoms with Crippen molar-refractivity contribution in [3.8, 4) is 5.75 Å². The molecule has 0 saturated carbocycles. The molecule has 2 heterocycles. The summed E-state index contributed by atoms with van der Waals surface area (Å²) in [6, 6.07) is 13.4. The molecule has 0 radical (unpaired) electrons. The molecule has 172 valence electrons. The van der Waals surface area contributed by atoms with Crippen LogP contribution in [0.1, 0.15) is 15.2 Å². The van der Waals surface area contributed by atoms with E-state index in [2.05, 4.69) is 15.5 Å². The third-order valence-corrected chi connectivity index (χ3v) is 7.12. The van der Waals surface area contributed by atoms with Gasteiger partial charge in [-0.1, -0.05) is 18.2 Å². The number of nitrogens with zero attached hydrogens (tertiary/aromatic N) is 1. The number of phenolic OH excluding ortho intramolecular Hbond substituents is 1. The largest absolute Gasteiger partial charge is 0.508 e. The molecule has 0 bridgehead atoms. The third-order valence-electron chi connectivity index (χ3n) is 5.31. The number of benzene rings is 2. The van der Waals surface area contributed by atoms with Crippen molar-refractivity contribution in [3.05, 3.63) is 76.2 Å². The van der Waals surface area contributed by atoms with Crippen LogP contribution in [0.15, 0.2) is 60.0 Å². The average molecular weight is 486 g/mol. The quantitative estimate of drug-likeness (QED) is 0.469. The van der Waals surface area contributed by atoms with Gasteiger partial charge in [-0.15, -0.1) is 11.3 Å². The minimum absolute atomic E-state index is 0.117. The summed E-state index contributed by atoms with van der Waals surface area (Å²) >= 11 is 3.15. The fourth-order valence-electron chi connectivity index (χ4n) is 3.62. The van der Waals surface area contributed by atoms with Crippen LogP contribution in [0.5, 0.6) is 5.75 Å². The van der Waals surface area contributed by atoms with E-state index in [-0.39, 0.29) is 18.1 Å². The first-order chi connectivity index (χ1) is 16.0. The summed E-state index contributed by atoms with van der Waals surface area (Å²) in [6.07, 6.45) is 0.216. The predicted octanol–water partition coefficient (Wildman–Crippen LogP) is 4.13. The number of amides is 2. The summed E-state index contributed by atoms with van der Waals surface area (Å²) in [5.41, 5.74) is 1.91. The number of thioether (sulfide) groups is 1. The van der Waals surface area contributed by atoms with Crippen LogP contribution in [0.2, 0.25) is 0 Å². The van der Waals surface area contributed by atoms with Crippen molar-refractivity contribution in [3.63, 3.8) is 0 Å². The van der Waals surface area contributed by atoms with Gasteiger partial charge in [0.2, 0.25) is 5.91 Å². The Morgan fingerprint density at radius 1 is 1.09 bits per heavy atom. The van der Waals surface area contributed by atoms with Crippen LogP contribution in [0.4, 0.5) is 15.8 Å². The molecule has 1 aromatic heterocycles. The van der Waals surface area contributed by atoms with Gasteiger partial charge >= 0.3 is 0 Å². The van der Waals surface area contributed by atoms with Crippen LogP contribution < -0.4 is 15.5 Å². The number of halogens is 1. The summed E-state index contributed by atoms with van der Waals surface area (Å²) < 4.78 is 14.1. The van der Waals surface area contributed by atoms with Gasteiger partial charge in [0.15, 0.2) is 0 Å². The standard InChI is InChI=1S/C24H24FN3O3S2/c25-17-5-8-21(28-9-12-32-13-10-28)19(15-17)26-23(30)20(14-16-3-6-18(29)7-4-16)27-24(31)22-2-1-11-33-22/h1-8,11,15,20,29H,9-10,12-14H2,(H,26,30)(H,27,31)/t20-/m1/s1. The summed E-state index contributed by atoms with van der Waals surface area (Å²) in [5, 5.41) is 17.0. The molecule has 6 nitrogen and oxygen atoms in total. The number of thiophene rings is 1. The van der Waals surface area contributed by atoms with Crippen molar-refractivity contribution in [1.82, 2.24) is 5.32 Å². The molecule has 0 aliphatic carbocycles. The molecule has 1 saturated heterocycles. The van der Waals surface area contributed by atoms with Gasteiger partial charge in [0.1, 0.15) is 17.6 Å². The molecular formula is C24H24FN3O3S2. The molecule has 3 N–H and O–H groups in total. The molecule has 0 unspecified atom stereocenters. The molecule has 2 aromatic carbocycles. The summed E-state index contributed by atoms with van der Waals surface area (Å²) in [4.78, 5) is 28.6. The lowest BCUT2D eigenvalue weighted by atomic mass is 10.0. The van der Waals surface area contributed by atoms with E-state index >= 15 is 0 Å². The van der Waals surface area contributed by atoms with Crippen LogP contribution in [0.25, 0.3) is 0 Å². The van der Waals surface area contributed by atoms with E-state index in [1.54, 1.807) is 35.7 Å². The van der Waals surface area contributed by atoms with Gasteiger partial charge in [-0.25, -0.2) is 4.39 Å². The van der Waals surface area contributed by atoms with E-state index in [0.29, 0.717) is 10.6 Å². The lowest BCUT2D eigenvalue weighted by Crippen LogP contribution is -2.45. The zero-order valence-electron chi connectivity index (χ0n) is 17.8. The topological polar surface area (TPSA) is 81.7 Å². The number of anilines is 2. The van der Waals surface area contributed by atoms with Gasteiger partial charge in [-0.2, -0.15) is 11.8 Å². The van der Waals surface area contributed by atoms with Crippen molar-refractivity contribution < 1.29 is 19.1 Å².